The molecule has 1 saturated carbocycles. The second-order valence-corrected chi connectivity index (χ2v) is 6.12. The summed E-state index contributed by atoms with van der Waals surface area (Å²) in [4.78, 5) is 2.35. The van der Waals surface area contributed by atoms with Crippen LogP contribution in [0.3, 0.4) is 0 Å². The zero-order valence-corrected chi connectivity index (χ0v) is 12.8. The fourth-order valence-corrected chi connectivity index (χ4v) is 3.49. The van der Waals surface area contributed by atoms with Gasteiger partial charge in [0.1, 0.15) is 0 Å². The van der Waals surface area contributed by atoms with Gasteiger partial charge in [0.15, 0.2) is 0 Å². The first kappa shape index (κ1) is 14.5. The van der Waals surface area contributed by atoms with E-state index in [1.807, 2.05) is 11.7 Å². The van der Waals surface area contributed by atoms with Gasteiger partial charge in [-0.05, 0) is 39.4 Å². The second-order valence-electron chi connectivity index (χ2n) is 6.12. The molecule has 0 amide bonds. The summed E-state index contributed by atoms with van der Waals surface area (Å²) >= 11 is 0. The lowest BCUT2D eigenvalue weighted by molar-refractivity contribution is 0.122. The lowest BCUT2D eigenvalue weighted by atomic mass is 9.84. The molecular formula is C15H28N4. The van der Waals surface area contributed by atoms with Crippen LogP contribution in [0.5, 0.6) is 0 Å². The van der Waals surface area contributed by atoms with Gasteiger partial charge in [-0.1, -0.05) is 19.8 Å². The Bertz CT molecular complexity index is 416. The third-order valence-electron chi connectivity index (χ3n) is 4.87. The smallest absolute Gasteiger partial charge is 0.0624 e. The topological polar surface area (TPSA) is 47.1 Å². The number of nitrogens with two attached hydrogens (primary N) is 1. The molecule has 1 fully saturated rings. The van der Waals surface area contributed by atoms with E-state index in [9.17, 15) is 0 Å². The maximum absolute atomic E-state index is 6.58. The number of rotatable bonds is 5. The molecule has 4 nitrogen and oxygen atoms in total. The molecule has 0 radical (unpaired) electrons. The van der Waals surface area contributed by atoms with Crippen LogP contribution in [0.25, 0.3) is 0 Å². The lowest BCUT2D eigenvalue weighted by Gasteiger charge is -2.41. The van der Waals surface area contributed by atoms with E-state index in [-0.39, 0.29) is 11.6 Å². The van der Waals surface area contributed by atoms with Gasteiger partial charge in [-0.3, -0.25) is 4.68 Å². The summed E-state index contributed by atoms with van der Waals surface area (Å²) in [6.45, 7) is 2.14. The average Bonchev–Trinajstić information content (AvgIpc) is 2.97. The first-order chi connectivity index (χ1) is 8.99. The van der Waals surface area contributed by atoms with Crippen molar-refractivity contribution in [1.29, 1.82) is 0 Å². The van der Waals surface area contributed by atoms with E-state index in [2.05, 4.69) is 37.1 Å². The molecule has 108 valence electrons. The van der Waals surface area contributed by atoms with Gasteiger partial charge in [0.2, 0.25) is 0 Å². The fraction of sp³-hybridized carbons (Fsp3) is 0.800. The highest BCUT2D eigenvalue weighted by Gasteiger charge is 2.41. The van der Waals surface area contributed by atoms with Gasteiger partial charge >= 0.3 is 0 Å². The molecular weight excluding hydrogens is 236 g/mol. The number of aryl methyl sites for hydroxylation is 2. The van der Waals surface area contributed by atoms with E-state index in [4.69, 9.17) is 5.73 Å². The molecule has 0 aliphatic heterocycles. The molecule has 0 spiro atoms. The monoisotopic (exact) mass is 264 g/mol. The molecule has 4 heteroatoms. The van der Waals surface area contributed by atoms with Crippen molar-refractivity contribution in [1.82, 2.24) is 14.7 Å². The number of hydrogen-bond acceptors (Lipinski definition) is 3. The molecule has 19 heavy (non-hydrogen) atoms. The Hall–Kier alpha value is -0.870. The summed E-state index contributed by atoms with van der Waals surface area (Å²) in [5.41, 5.74) is 9.18. The van der Waals surface area contributed by atoms with E-state index in [0.717, 1.165) is 18.5 Å². The molecule has 0 aromatic carbocycles. The standard InChI is InChI=1S/C15H28N4/c1-5-12-10-13(19(4)17-12)11-14(16)15(18(2)3)8-6-7-9-15/h10,14H,5-9,11,16H2,1-4H3. The molecule has 0 saturated heterocycles. The van der Waals surface area contributed by atoms with Crippen LogP contribution in [-0.2, 0) is 19.9 Å². The minimum Gasteiger partial charge on any atom is -0.326 e. The van der Waals surface area contributed by atoms with Crippen molar-refractivity contribution in [3.63, 3.8) is 0 Å². The van der Waals surface area contributed by atoms with Crippen LogP contribution < -0.4 is 5.73 Å². The first-order valence-corrected chi connectivity index (χ1v) is 7.44. The Morgan fingerprint density at radius 3 is 2.53 bits per heavy atom. The molecule has 0 bridgehead atoms. The third kappa shape index (κ3) is 2.70. The second kappa shape index (κ2) is 5.63. The first-order valence-electron chi connectivity index (χ1n) is 7.44. The maximum atomic E-state index is 6.58. The normalized spacial score (nSPS) is 20.1. The Labute approximate surface area is 117 Å². The van der Waals surface area contributed by atoms with Crippen LogP contribution in [0, 0.1) is 0 Å². The van der Waals surface area contributed by atoms with E-state index < -0.39 is 0 Å². The van der Waals surface area contributed by atoms with Crippen LogP contribution in [0.4, 0.5) is 0 Å². The minimum absolute atomic E-state index is 0.177. The van der Waals surface area contributed by atoms with E-state index >= 15 is 0 Å². The van der Waals surface area contributed by atoms with E-state index in [1.54, 1.807) is 0 Å². The summed E-state index contributed by atoms with van der Waals surface area (Å²) in [5, 5.41) is 4.52. The molecule has 1 atom stereocenters. The predicted molar refractivity (Wildman–Crippen MR) is 79.2 cm³/mol. The predicted octanol–water partition coefficient (Wildman–Crippen LogP) is 1.73. The molecule has 1 aliphatic carbocycles. The lowest BCUT2D eigenvalue weighted by Crippen LogP contribution is -2.56. The highest BCUT2D eigenvalue weighted by Crippen LogP contribution is 2.36. The zero-order valence-electron chi connectivity index (χ0n) is 12.8. The Morgan fingerprint density at radius 2 is 2.05 bits per heavy atom. The Morgan fingerprint density at radius 1 is 1.42 bits per heavy atom. The summed E-state index contributed by atoms with van der Waals surface area (Å²) in [6.07, 6.45) is 6.96. The van der Waals surface area contributed by atoms with Gasteiger partial charge in [0, 0.05) is 30.7 Å². The van der Waals surface area contributed by atoms with Crippen molar-refractivity contribution in [3.8, 4) is 0 Å². The van der Waals surface area contributed by atoms with Gasteiger partial charge in [0.25, 0.3) is 0 Å². The van der Waals surface area contributed by atoms with Gasteiger partial charge < -0.3 is 10.6 Å². The van der Waals surface area contributed by atoms with Gasteiger partial charge in [-0.15, -0.1) is 0 Å². The highest BCUT2D eigenvalue weighted by molar-refractivity contribution is 5.14. The van der Waals surface area contributed by atoms with Crippen LogP contribution in [-0.4, -0.2) is 40.4 Å². The zero-order chi connectivity index (χ0) is 14.0. The Balaban J connectivity index is 2.14. The summed E-state index contributed by atoms with van der Waals surface area (Å²) in [5.74, 6) is 0. The summed E-state index contributed by atoms with van der Waals surface area (Å²) < 4.78 is 2.00. The van der Waals surface area contributed by atoms with Crippen LogP contribution >= 0.6 is 0 Å². The average molecular weight is 264 g/mol. The van der Waals surface area contributed by atoms with E-state index in [0.29, 0.717) is 0 Å². The molecule has 1 aliphatic rings. The summed E-state index contributed by atoms with van der Waals surface area (Å²) in [7, 11) is 6.37. The largest absolute Gasteiger partial charge is 0.326 e. The maximum Gasteiger partial charge on any atom is 0.0624 e. The van der Waals surface area contributed by atoms with Gasteiger partial charge in [0.05, 0.1) is 5.69 Å². The molecule has 2 N–H and O–H groups in total. The SMILES string of the molecule is CCc1cc(CC(N)C2(N(C)C)CCCC2)n(C)n1. The molecule has 2 rings (SSSR count). The highest BCUT2D eigenvalue weighted by atomic mass is 15.3. The van der Waals surface area contributed by atoms with Crippen molar-refractivity contribution in [2.75, 3.05) is 14.1 Å². The number of nitrogens with zero attached hydrogens (tertiary/aromatic N) is 3. The number of likely N-dealkylation sites (N-methyl/N-ethyl adjacent to an activating group) is 1. The number of hydrogen-bond donors (Lipinski definition) is 1. The quantitative estimate of drug-likeness (QED) is 0.881. The van der Waals surface area contributed by atoms with Crippen molar-refractivity contribution in [2.24, 2.45) is 12.8 Å². The van der Waals surface area contributed by atoms with Crippen LogP contribution in [0.15, 0.2) is 6.07 Å². The van der Waals surface area contributed by atoms with Crippen molar-refractivity contribution < 1.29 is 0 Å². The Kier molecular flexibility index (Phi) is 4.31. The van der Waals surface area contributed by atoms with Crippen LogP contribution in [0.1, 0.15) is 44.0 Å². The minimum atomic E-state index is 0.177. The van der Waals surface area contributed by atoms with Crippen molar-refractivity contribution >= 4 is 0 Å². The molecule has 1 aromatic rings. The van der Waals surface area contributed by atoms with Gasteiger partial charge in [-0.25, -0.2) is 0 Å². The van der Waals surface area contributed by atoms with Gasteiger partial charge in [-0.2, -0.15) is 5.10 Å². The summed E-state index contributed by atoms with van der Waals surface area (Å²) in [6, 6.07) is 2.39. The van der Waals surface area contributed by atoms with Crippen molar-refractivity contribution in [3.05, 3.63) is 17.5 Å². The number of aromatic nitrogens is 2. The van der Waals surface area contributed by atoms with Crippen LogP contribution in [0.2, 0.25) is 0 Å². The van der Waals surface area contributed by atoms with E-state index in [1.165, 1.54) is 31.4 Å². The third-order valence-corrected chi connectivity index (χ3v) is 4.87. The molecule has 1 unspecified atom stereocenters. The molecule has 1 aromatic heterocycles. The fourth-order valence-electron chi connectivity index (χ4n) is 3.49. The van der Waals surface area contributed by atoms with Crippen molar-refractivity contribution in [2.45, 2.75) is 57.0 Å². The molecule has 1 heterocycles.